The summed E-state index contributed by atoms with van der Waals surface area (Å²) in [5, 5.41) is 9.10. The molecule has 1 aromatic carbocycles. The highest BCUT2D eigenvalue weighted by molar-refractivity contribution is 5.49. The lowest BCUT2D eigenvalue weighted by molar-refractivity contribution is 0.220. The Morgan fingerprint density at radius 3 is 3.00 bits per heavy atom. The van der Waals surface area contributed by atoms with Gasteiger partial charge in [-0.25, -0.2) is 0 Å². The molecular formula is C13H20N2O. The van der Waals surface area contributed by atoms with E-state index in [0.29, 0.717) is 12.5 Å². The molecule has 1 aliphatic rings. The highest BCUT2D eigenvalue weighted by atomic mass is 16.3. The molecule has 1 fully saturated rings. The molecule has 1 atom stereocenters. The van der Waals surface area contributed by atoms with E-state index >= 15 is 0 Å². The molecule has 0 saturated carbocycles. The van der Waals surface area contributed by atoms with Gasteiger partial charge in [0.25, 0.3) is 0 Å². The monoisotopic (exact) mass is 220 g/mol. The van der Waals surface area contributed by atoms with Gasteiger partial charge in [-0.05, 0) is 43.0 Å². The molecule has 2 rings (SSSR count). The molecule has 1 heterocycles. The molecule has 3 nitrogen and oxygen atoms in total. The van der Waals surface area contributed by atoms with E-state index in [1.165, 1.54) is 11.1 Å². The Bertz CT molecular complexity index is 365. The van der Waals surface area contributed by atoms with Crippen molar-refractivity contribution in [3.63, 3.8) is 0 Å². The molecule has 16 heavy (non-hydrogen) atoms. The first kappa shape index (κ1) is 11.4. The van der Waals surface area contributed by atoms with Crippen molar-refractivity contribution in [2.45, 2.75) is 19.9 Å². The maximum atomic E-state index is 9.10. The average molecular weight is 220 g/mol. The van der Waals surface area contributed by atoms with E-state index in [4.69, 9.17) is 10.8 Å². The summed E-state index contributed by atoms with van der Waals surface area (Å²) in [6.07, 6.45) is 1.11. The van der Waals surface area contributed by atoms with Crippen LogP contribution in [0.3, 0.4) is 0 Å². The van der Waals surface area contributed by atoms with Gasteiger partial charge in [0, 0.05) is 25.4 Å². The molecule has 3 heteroatoms. The van der Waals surface area contributed by atoms with Crippen molar-refractivity contribution < 1.29 is 5.11 Å². The quantitative estimate of drug-likeness (QED) is 0.757. The largest absolute Gasteiger partial charge is 0.399 e. The third-order valence-corrected chi connectivity index (χ3v) is 3.51. The van der Waals surface area contributed by atoms with Gasteiger partial charge in [-0.3, -0.25) is 4.90 Å². The summed E-state index contributed by atoms with van der Waals surface area (Å²) in [6, 6.07) is 6.09. The van der Waals surface area contributed by atoms with Crippen LogP contribution in [-0.4, -0.2) is 29.7 Å². The number of hydrogen-bond acceptors (Lipinski definition) is 3. The Labute approximate surface area is 96.9 Å². The van der Waals surface area contributed by atoms with Crippen LogP contribution in [0, 0.1) is 12.8 Å². The van der Waals surface area contributed by atoms with Gasteiger partial charge < -0.3 is 10.8 Å². The second kappa shape index (κ2) is 4.85. The predicted molar refractivity (Wildman–Crippen MR) is 66.1 cm³/mol. The highest BCUT2D eigenvalue weighted by Gasteiger charge is 2.21. The molecule has 1 aromatic rings. The normalized spacial score (nSPS) is 21.5. The molecule has 1 saturated heterocycles. The topological polar surface area (TPSA) is 49.5 Å². The van der Waals surface area contributed by atoms with Gasteiger partial charge >= 0.3 is 0 Å². The Hall–Kier alpha value is -1.06. The zero-order valence-corrected chi connectivity index (χ0v) is 9.82. The number of aliphatic hydroxyl groups excluding tert-OH is 1. The molecule has 1 unspecified atom stereocenters. The van der Waals surface area contributed by atoms with Crippen LogP contribution in [0.2, 0.25) is 0 Å². The molecule has 0 spiro atoms. The number of nitrogens with two attached hydrogens (primary N) is 1. The summed E-state index contributed by atoms with van der Waals surface area (Å²) in [5.41, 5.74) is 9.25. The minimum Gasteiger partial charge on any atom is -0.399 e. The van der Waals surface area contributed by atoms with Gasteiger partial charge in [-0.2, -0.15) is 0 Å². The maximum Gasteiger partial charge on any atom is 0.0471 e. The van der Waals surface area contributed by atoms with Crippen molar-refractivity contribution >= 4 is 5.69 Å². The van der Waals surface area contributed by atoms with Crippen LogP contribution >= 0.6 is 0 Å². The summed E-state index contributed by atoms with van der Waals surface area (Å²) in [4.78, 5) is 2.39. The van der Waals surface area contributed by atoms with Crippen molar-refractivity contribution in [1.82, 2.24) is 4.90 Å². The predicted octanol–water partition coefficient (Wildman–Crippen LogP) is 1.39. The fourth-order valence-corrected chi connectivity index (χ4v) is 2.32. The molecule has 0 aromatic heterocycles. The zero-order valence-electron chi connectivity index (χ0n) is 9.82. The van der Waals surface area contributed by atoms with E-state index in [9.17, 15) is 0 Å². The third kappa shape index (κ3) is 2.36. The SMILES string of the molecule is Cc1c(N)cccc1CN1CCC(CO)C1. The molecule has 0 aliphatic carbocycles. The molecule has 3 N–H and O–H groups in total. The Morgan fingerprint density at radius 2 is 2.31 bits per heavy atom. The number of hydrogen-bond donors (Lipinski definition) is 2. The summed E-state index contributed by atoms with van der Waals surface area (Å²) in [6.45, 7) is 5.42. The van der Waals surface area contributed by atoms with Crippen LogP contribution in [0.4, 0.5) is 5.69 Å². The van der Waals surface area contributed by atoms with Crippen molar-refractivity contribution in [1.29, 1.82) is 0 Å². The summed E-state index contributed by atoms with van der Waals surface area (Å²) >= 11 is 0. The lowest BCUT2D eigenvalue weighted by atomic mass is 10.1. The van der Waals surface area contributed by atoms with E-state index in [2.05, 4.69) is 17.9 Å². The number of nitrogen functional groups attached to an aromatic ring is 1. The minimum atomic E-state index is 0.312. The van der Waals surface area contributed by atoms with Gasteiger partial charge in [0.05, 0.1) is 0 Å². The van der Waals surface area contributed by atoms with Gasteiger partial charge in [-0.15, -0.1) is 0 Å². The number of rotatable bonds is 3. The van der Waals surface area contributed by atoms with Crippen molar-refractivity contribution in [3.8, 4) is 0 Å². The first-order valence-corrected chi connectivity index (χ1v) is 5.88. The van der Waals surface area contributed by atoms with E-state index in [0.717, 1.165) is 31.7 Å². The summed E-state index contributed by atoms with van der Waals surface area (Å²) in [7, 11) is 0. The van der Waals surface area contributed by atoms with E-state index in [-0.39, 0.29) is 0 Å². The third-order valence-electron chi connectivity index (χ3n) is 3.51. The number of aliphatic hydroxyl groups is 1. The fourth-order valence-electron chi connectivity index (χ4n) is 2.32. The van der Waals surface area contributed by atoms with Crippen molar-refractivity contribution in [3.05, 3.63) is 29.3 Å². The Morgan fingerprint density at radius 1 is 1.50 bits per heavy atom. The molecule has 0 radical (unpaired) electrons. The van der Waals surface area contributed by atoms with E-state index in [1.54, 1.807) is 0 Å². The van der Waals surface area contributed by atoms with Crippen LogP contribution in [0.15, 0.2) is 18.2 Å². The lowest BCUT2D eigenvalue weighted by Gasteiger charge is -2.17. The number of likely N-dealkylation sites (tertiary alicyclic amines) is 1. The first-order chi connectivity index (χ1) is 7.70. The molecular weight excluding hydrogens is 200 g/mol. The van der Waals surface area contributed by atoms with Crippen molar-refractivity contribution in [2.24, 2.45) is 5.92 Å². The Balaban J connectivity index is 2.02. The Kier molecular flexibility index (Phi) is 3.46. The summed E-state index contributed by atoms with van der Waals surface area (Å²) in [5.74, 6) is 0.460. The number of anilines is 1. The van der Waals surface area contributed by atoms with Crippen LogP contribution in [0.1, 0.15) is 17.5 Å². The van der Waals surface area contributed by atoms with Gasteiger partial charge in [0.15, 0.2) is 0 Å². The molecule has 88 valence electrons. The smallest absolute Gasteiger partial charge is 0.0471 e. The van der Waals surface area contributed by atoms with E-state index in [1.807, 2.05) is 12.1 Å². The second-order valence-electron chi connectivity index (χ2n) is 4.70. The summed E-state index contributed by atoms with van der Waals surface area (Å²) < 4.78 is 0. The lowest BCUT2D eigenvalue weighted by Crippen LogP contribution is -2.21. The van der Waals surface area contributed by atoms with E-state index < -0.39 is 0 Å². The number of benzene rings is 1. The van der Waals surface area contributed by atoms with Crippen LogP contribution in [0.25, 0.3) is 0 Å². The minimum absolute atomic E-state index is 0.312. The van der Waals surface area contributed by atoms with Gasteiger partial charge in [0.1, 0.15) is 0 Å². The maximum absolute atomic E-state index is 9.10. The van der Waals surface area contributed by atoms with Crippen molar-refractivity contribution in [2.75, 3.05) is 25.4 Å². The van der Waals surface area contributed by atoms with Crippen LogP contribution in [-0.2, 0) is 6.54 Å². The van der Waals surface area contributed by atoms with Gasteiger partial charge in [-0.1, -0.05) is 12.1 Å². The zero-order chi connectivity index (χ0) is 11.5. The average Bonchev–Trinajstić information content (AvgIpc) is 2.73. The number of nitrogens with zero attached hydrogens (tertiary/aromatic N) is 1. The van der Waals surface area contributed by atoms with Crippen LogP contribution in [0.5, 0.6) is 0 Å². The first-order valence-electron chi connectivity index (χ1n) is 5.88. The standard InChI is InChI=1S/C13H20N2O/c1-10-12(3-2-4-13(10)14)8-15-6-5-11(7-15)9-16/h2-4,11,16H,5-9,14H2,1H3. The molecule has 0 bridgehead atoms. The van der Waals surface area contributed by atoms with Crippen LogP contribution < -0.4 is 5.73 Å². The highest BCUT2D eigenvalue weighted by Crippen LogP contribution is 2.21. The second-order valence-corrected chi connectivity index (χ2v) is 4.70. The fraction of sp³-hybridized carbons (Fsp3) is 0.538. The van der Waals surface area contributed by atoms with Gasteiger partial charge in [0.2, 0.25) is 0 Å². The molecule has 0 amide bonds. The molecule has 1 aliphatic heterocycles.